The summed E-state index contributed by atoms with van der Waals surface area (Å²) < 4.78 is 10.5. The number of benzene rings is 1. The molecule has 0 aromatic heterocycles. The minimum atomic E-state index is 0. The summed E-state index contributed by atoms with van der Waals surface area (Å²) in [5.41, 5.74) is 0.713. The maximum Gasteiger partial charge on any atom is 0.231 e. The molecule has 0 N–H and O–H groups in total. The van der Waals surface area contributed by atoms with Gasteiger partial charge in [-0.3, -0.25) is 9.69 Å². The smallest absolute Gasteiger partial charge is 0.231 e. The Bertz CT molecular complexity index is 458. The van der Waals surface area contributed by atoms with E-state index in [9.17, 15) is 4.79 Å². The third-order valence-corrected chi connectivity index (χ3v) is 3.51. The van der Waals surface area contributed by atoms with Gasteiger partial charge in [-0.05, 0) is 44.1 Å². The number of ether oxygens (including phenoxy) is 2. The quantitative estimate of drug-likeness (QED) is 0.799. The van der Waals surface area contributed by atoms with Crippen molar-refractivity contribution < 1.29 is 14.3 Å². The lowest BCUT2D eigenvalue weighted by atomic mass is 10.1. The van der Waals surface area contributed by atoms with Gasteiger partial charge in [0, 0.05) is 5.56 Å². The third kappa shape index (κ3) is 3.19. The summed E-state index contributed by atoms with van der Waals surface area (Å²) >= 11 is 0. The number of piperidine rings is 1. The molecule has 3 rings (SSSR count). The van der Waals surface area contributed by atoms with Gasteiger partial charge in [-0.2, -0.15) is 0 Å². The van der Waals surface area contributed by atoms with Gasteiger partial charge in [-0.25, -0.2) is 0 Å². The van der Waals surface area contributed by atoms with Crippen molar-refractivity contribution in [3.63, 3.8) is 0 Å². The lowest BCUT2D eigenvalue weighted by molar-refractivity contribution is 0.0915. The molecule has 0 radical (unpaired) electrons. The maximum atomic E-state index is 12.2. The average molecular weight is 284 g/mol. The van der Waals surface area contributed by atoms with Crippen LogP contribution in [0.2, 0.25) is 0 Å². The summed E-state index contributed by atoms with van der Waals surface area (Å²) in [5, 5.41) is 0. The highest BCUT2D eigenvalue weighted by molar-refractivity contribution is 5.98. The zero-order valence-corrected chi connectivity index (χ0v) is 11.6. The summed E-state index contributed by atoms with van der Waals surface area (Å²) in [4.78, 5) is 14.4. The number of hydrogen-bond donors (Lipinski definition) is 0. The number of halogens is 1. The highest BCUT2D eigenvalue weighted by Crippen LogP contribution is 2.32. The first kappa shape index (κ1) is 14.2. The Balaban J connectivity index is 0.00000133. The zero-order chi connectivity index (χ0) is 12.4. The van der Waals surface area contributed by atoms with Crippen LogP contribution in [0.3, 0.4) is 0 Å². The van der Waals surface area contributed by atoms with Gasteiger partial charge >= 0.3 is 0 Å². The lowest BCUT2D eigenvalue weighted by Crippen LogP contribution is -2.34. The third-order valence-electron chi connectivity index (χ3n) is 3.51. The Morgan fingerprint density at radius 2 is 1.84 bits per heavy atom. The first-order valence-corrected chi connectivity index (χ1v) is 6.48. The fourth-order valence-corrected chi connectivity index (χ4v) is 2.48. The number of carbonyl (C=O) groups excluding carboxylic acids is 1. The molecule has 0 saturated carbocycles. The Morgan fingerprint density at radius 1 is 1.11 bits per heavy atom. The molecule has 0 amide bonds. The van der Waals surface area contributed by atoms with E-state index in [0.29, 0.717) is 17.9 Å². The zero-order valence-electron chi connectivity index (χ0n) is 10.8. The molecule has 19 heavy (non-hydrogen) atoms. The number of ketones is 1. The number of hydrogen-bond acceptors (Lipinski definition) is 4. The molecule has 5 heteroatoms. The van der Waals surface area contributed by atoms with Crippen molar-refractivity contribution in [3.8, 4) is 11.5 Å². The van der Waals surface area contributed by atoms with Gasteiger partial charge < -0.3 is 9.47 Å². The molecule has 104 valence electrons. The molecular weight excluding hydrogens is 266 g/mol. The standard InChI is InChI=1S/C14H17NO3.ClH/c16-12(9-15-6-2-1-3-7-15)11-4-5-13-14(8-11)18-10-17-13;/h4-5,8H,1-3,6-7,9-10H2;1H. The van der Waals surface area contributed by atoms with Gasteiger partial charge in [-0.1, -0.05) is 6.42 Å². The average Bonchev–Trinajstić information content (AvgIpc) is 2.87. The number of fused-ring (bicyclic) bond motifs is 1. The fourth-order valence-electron chi connectivity index (χ4n) is 2.48. The molecule has 4 nitrogen and oxygen atoms in total. The van der Waals surface area contributed by atoms with E-state index < -0.39 is 0 Å². The van der Waals surface area contributed by atoms with Crippen molar-refractivity contribution in [2.45, 2.75) is 19.3 Å². The predicted molar refractivity (Wildman–Crippen MR) is 74.4 cm³/mol. The molecule has 1 aromatic carbocycles. The summed E-state index contributed by atoms with van der Waals surface area (Å²) in [5.74, 6) is 1.57. The van der Waals surface area contributed by atoms with Crippen LogP contribution in [-0.2, 0) is 0 Å². The van der Waals surface area contributed by atoms with Gasteiger partial charge in [0.15, 0.2) is 17.3 Å². The molecule has 0 unspecified atom stereocenters. The van der Waals surface area contributed by atoms with E-state index >= 15 is 0 Å². The second-order valence-corrected chi connectivity index (χ2v) is 4.83. The number of likely N-dealkylation sites (tertiary alicyclic amines) is 1. The molecule has 0 spiro atoms. The summed E-state index contributed by atoms with van der Waals surface area (Å²) in [7, 11) is 0. The van der Waals surface area contributed by atoms with E-state index in [2.05, 4.69) is 4.90 Å². The summed E-state index contributed by atoms with van der Waals surface area (Å²) in [6.07, 6.45) is 3.69. The van der Waals surface area contributed by atoms with Crippen LogP contribution in [0.1, 0.15) is 29.6 Å². The van der Waals surface area contributed by atoms with Gasteiger partial charge in [0.1, 0.15) is 0 Å². The molecule has 0 bridgehead atoms. The monoisotopic (exact) mass is 283 g/mol. The molecular formula is C14H18ClNO3. The lowest BCUT2D eigenvalue weighted by Gasteiger charge is -2.25. The van der Waals surface area contributed by atoms with Crippen molar-refractivity contribution in [2.24, 2.45) is 0 Å². The molecule has 0 atom stereocenters. The first-order valence-electron chi connectivity index (χ1n) is 6.48. The van der Waals surface area contributed by atoms with Crippen LogP contribution in [0.25, 0.3) is 0 Å². The van der Waals surface area contributed by atoms with Gasteiger partial charge in [0.2, 0.25) is 6.79 Å². The van der Waals surface area contributed by atoms with Crippen LogP contribution >= 0.6 is 12.4 Å². The molecule has 1 saturated heterocycles. The Morgan fingerprint density at radius 3 is 2.63 bits per heavy atom. The van der Waals surface area contributed by atoms with Gasteiger partial charge in [0.25, 0.3) is 0 Å². The normalized spacial score (nSPS) is 17.9. The Kier molecular flexibility index (Phi) is 4.66. The molecule has 1 aromatic rings. The molecule has 2 aliphatic heterocycles. The Labute approximate surface area is 119 Å². The SMILES string of the molecule is Cl.O=C(CN1CCCCC1)c1ccc2c(c1)OCO2. The summed E-state index contributed by atoms with van der Waals surface area (Å²) in [6.45, 7) is 2.84. The van der Waals surface area contributed by atoms with Crippen molar-refractivity contribution in [2.75, 3.05) is 26.4 Å². The van der Waals surface area contributed by atoms with E-state index in [1.54, 1.807) is 6.07 Å². The van der Waals surface area contributed by atoms with E-state index in [-0.39, 0.29) is 25.0 Å². The van der Waals surface area contributed by atoms with Crippen LogP contribution in [-0.4, -0.2) is 37.1 Å². The Hall–Kier alpha value is -1.26. The van der Waals surface area contributed by atoms with E-state index in [0.717, 1.165) is 18.8 Å². The topological polar surface area (TPSA) is 38.8 Å². The number of Topliss-reactive ketones (excluding diaryl/α,β-unsaturated/α-hetero) is 1. The second-order valence-electron chi connectivity index (χ2n) is 4.83. The second kappa shape index (κ2) is 6.26. The highest BCUT2D eigenvalue weighted by Gasteiger charge is 2.18. The van der Waals surface area contributed by atoms with Gasteiger partial charge in [-0.15, -0.1) is 12.4 Å². The van der Waals surface area contributed by atoms with Crippen LogP contribution in [0.15, 0.2) is 18.2 Å². The molecule has 2 aliphatic rings. The van der Waals surface area contributed by atoms with E-state index in [4.69, 9.17) is 9.47 Å². The van der Waals surface area contributed by atoms with Crippen molar-refractivity contribution in [1.29, 1.82) is 0 Å². The number of nitrogens with zero attached hydrogens (tertiary/aromatic N) is 1. The minimum Gasteiger partial charge on any atom is -0.454 e. The largest absolute Gasteiger partial charge is 0.454 e. The number of carbonyl (C=O) groups is 1. The van der Waals surface area contributed by atoms with E-state index in [1.807, 2.05) is 12.1 Å². The van der Waals surface area contributed by atoms with Crippen LogP contribution in [0.4, 0.5) is 0 Å². The van der Waals surface area contributed by atoms with Crippen molar-refractivity contribution in [3.05, 3.63) is 23.8 Å². The highest BCUT2D eigenvalue weighted by atomic mass is 35.5. The van der Waals surface area contributed by atoms with Crippen molar-refractivity contribution in [1.82, 2.24) is 4.90 Å². The minimum absolute atomic E-state index is 0. The van der Waals surface area contributed by atoms with Crippen LogP contribution in [0.5, 0.6) is 11.5 Å². The van der Waals surface area contributed by atoms with Gasteiger partial charge in [0.05, 0.1) is 6.54 Å². The molecule has 2 heterocycles. The summed E-state index contributed by atoms with van der Waals surface area (Å²) in [6, 6.07) is 5.42. The first-order chi connectivity index (χ1) is 8.83. The predicted octanol–water partition coefficient (Wildman–Crippen LogP) is 2.51. The number of rotatable bonds is 3. The van der Waals surface area contributed by atoms with Crippen molar-refractivity contribution >= 4 is 18.2 Å². The molecule has 1 fully saturated rings. The fraction of sp³-hybridized carbons (Fsp3) is 0.500. The van der Waals surface area contributed by atoms with E-state index in [1.165, 1.54) is 19.3 Å². The van der Waals surface area contributed by atoms with Crippen LogP contribution in [0, 0.1) is 0 Å². The maximum absolute atomic E-state index is 12.2. The molecule has 0 aliphatic carbocycles. The van der Waals surface area contributed by atoms with Crippen LogP contribution < -0.4 is 9.47 Å².